The van der Waals surface area contributed by atoms with Crippen LogP contribution in [0.1, 0.15) is 38.3 Å². The van der Waals surface area contributed by atoms with E-state index >= 15 is 0 Å². The summed E-state index contributed by atoms with van der Waals surface area (Å²) in [5, 5.41) is 0. The van der Waals surface area contributed by atoms with E-state index in [-0.39, 0.29) is 5.41 Å². The third-order valence-corrected chi connectivity index (χ3v) is 2.25. The van der Waals surface area contributed by atoms with Crippen LogP contribution in [0.4, 0.5) is 0 Å². The normalized spacial score (nSPS) is 11.7. The van der Waals surface area contributed by atoms with Crippen LogP contribution in [0.25, 0.3) is 0 Å². The van der Waals surface area contributed by atoms with Gasteiger partial charge in [0.25, 0.3) is 0 Å². The van der Waals surface area contributed by atoms with E-state index in [0.717, 1.165) is 12.8 Å². The van der Waals surface area contributed by atoms with Crippen LogP contribution in [0, 0.1) is 6.92 Å². The Morgan fingerprint density at radius 1 is 1.08 bits per heavy atom. The van der Waals surface area contributed by atoms with E-state index in [9.17, 15) is 0 Å². The first-order valence-corrected chi connectivity index (χ1v) is 4.83. The number of benzene rings is 1. The summed E-state index contributed by atoms with van der Waals surface area (Å²) in [6, 6.07) is 8.75. The van der Waals surface area contributed by atoms with Gasteiger partial charge in [-0.3, -0.25) is 0 Å². The Morgan fingerprint density at radius 3 is 2.00 bits per heavy atom. The molecule has 0 spiro atoms. The first kappa shape index (κ1) is 10.3. The summed E-state index contributed by atoms with van der Waals surface area (Å²) in [5.74, 6) is 0. The molecule has 1 aromatic carbocycles. The third-order valence-electron chi connectivity index (χ3n) is 2.25. The van der Waals surface area contributed by atoms with Gasteiger partial charge in [-0.25, -0.2) is 0 Å². The van der Waals surface area contributed by atoms with Crippen molar-refractivity contribution in [2.45, 2.75) is 39.0 Å². The second-order valence-electron chi connectivity index (χ2n) is 4.49. The third kappa shape index (κ3) is 2.87. The lowest BCUT2D eigenvalue weighted by Crippen LogP contribution is -2.10. The van der Waals surface area contributed by atoms with Crippen molar-refractivity contribution >= 4 is 0 Å². The molecule has 0 heterocycles. The topological polar surface area (TPSA) is 0 Å². The van der Waals surface area contributed by atoms with Crippen LogP contribution in [0.15, 0.2) is 24.3 Å². The van der Waals surface area contributed by atoms with Gasteiger partial charge in [0.05, 0.1) is 0 Å². The molecule has 0 atom stereocenters. The smallest absolute Gasteiger partial charge is 0.0132 e. The van der Waals surface area contributed by atoms with Crippen LogP contribution in [0.2, 0.25) is 0 Å². The SMILES string of the molecule is [CH]CCc1ccc(C(C)(C)C)cc1. The monoisotopic (exact) mass is 174 g/mol. The molecule has 2 radical (unpaired) electrons. The first-order chi connectivity index (χ1) is 6.04. The van der Waals surface area contributed by atoms with Gasteiger partial charge in [0, 0.05) is 0 Å². The summed E-state index contributed by atoms with van der Waals surface area (Å²) in [5.41, 5.74) is 2.96. The molecule has 0 aliphatic heterocycles. The summed E-state index contributed by atoms with van der Waals surface area (Å²) in [4.78, 5) is 0. The predicted molar refractivity (Wildman–Crippen MR) is 57.8 cm³/mol. The molecule has 0 heteroatoms. The molecule has 0 fully saturated rings. The first-order valence-electron chi connectivity index (χ1n) is 4.83. The van der Waals surface area contributed by atoms with E-state index in [1.165, 1.54) is 11.1 Å². The van der Waals surface area contributed by atoms with Gasteiger partial charge in [-0.2, -0.15) is 0 Å². The average Bonchev–Trinajstić information content (AvgIpc) is 2.04. The van der Waals surface area contributed by atoms with Crippen molar-refractivity contribution in [2.24, 2.45) is 0 Å². The zero-order valence-electron chi connectivity index (χ0n) is 8.80. The lowest BCUT2D eigenvalue weighted by Gasteiger charge is -2.19. The number of hydrogen-bond acceptors (Lipinski definition) is 0. The Balaban J connectivity index is 2.81. The highest BCUT2D eigenvalue weighted by Crippen LogP contribution is 2.22. The second-order valence-corrected chi connectivity index (χ2v) is 4.49. The van der Waals surface area contributed by atoms with Crippen LogP contribution in [0.5, 0.6) is 0 Å². The lowest BCUT2D eigenvalue weighted by molar-refractivity contribution is 0.590. The van der Waals surface area contributed by atoms with Crippen molar-refractivity contribution < 1.29 is 0 Å². The van der Waals surface area contributed by atoms with Crippen LogP contribution in [-0.2, 0) is 11.8 Å². The molecule has 0 N–H and O–H groups in total. The van der Waals surface area contributed by atoms with Gasteiger partial charge in [-0.15, -0.1) is 0 Å². The highest BCUT2D eigenvalue weighted by atomic mass is 14.2. The Hall–Kier alpha value is -0.780. The van der Waals surface area contributed by atoms with Crippen molar-refractivity contribution in [1.29, 1.82) is 0 Å². The molecule has 0 nitrogen and oxygen atoms in total. The summed E-state index contributed by atoms with van der Waals surface area (Å²) in [6.45, 7) is 12.2. The fourth-order valence-corrected chi connectivity index (χ4v) is 1.34. The molecule has 0 unspecified atom stereocenters. The van der Waals surface area contributed by atoms with Gasteiger partial charge in [-0.1, -0.05) is 45.0 Å². The summed E-state index contributed by atoms with van der Waals surface area (Å²) >= 11 is 0. The Bertz CT molecular complexity index is 248. The number of aryl methyl sites for hydroxylation is 1. The average molecular weight is 174 g/mol. The van der Waals surface area contributed by atoms with E-state index in [4.69, 9.17) is 6.92 Å². The predicted octanol–water partition coefficient (Wildman–Crippen LogP) is 3.63. The van der Waals surface area contributed by atoms with E-state index in [2.05, 4.69) is 45.0 Å². The molecule has 0 aliphatic carbocycles. The minimum atomic E-state index is 0.251. The fraction of sp³-hybridized carbons (Fsp3) is 0.462. The number of rotatable bonds is 2. The fourth-order valence-electron chi connectivity index (χ4n) is 1.34. The van der Waals surface area contributed by atoms with E-state index < -0.39 is 0 Å². The van der Waals surface area contributed by atoms with Gasteiger partial charge in [0.15, 0.2) is 0 Å². The van der Waals surface area contributed by atoms with Gasteiger partial charge in [0.1, 0.15) is 0 Å². The molecule has 0 amide bonds. The van der Waals surface area contributed by atoms with E-state index in [0.29, 0.717) is 0 Å². The Morgan fingerprint density at radius 2 is 1.62 bits per heavy atom. The number of hydrogen-bond donors (Lipinski definition) is 0. The van der Waals surface area contributed by atoms with Crippen LogP contribution < -0.4 is 0 Å². The van der Waals surface area contributed by atoms with Gasteiger partial charge in [0.2, 0.25) is 0 Å². The summed E-state index contributed by atoms with van der Waals surface area (Å²) in [6.07, 6.45) is 1.71. The molecule has 0 aliphatic rings. The van der Waals surface area contributed by atoms with Gasteiger partial charge in [-0.05, 0) is 36.3 Å². The molecule has 70 valence electrons. The van der Waals surface area contributed by atoms with Gasteiger partial charge < -0.3 is 0 Å². The molecule has 0 aromatic heterocycles. The second kappa shape index (κ2) is 3.95. The van der Waals surface area contributed by atoms with Crippen molar-refractivity contribution in [2.75, 3.05) is 0 Å². The van der Waals surface area contributed by atoms with E-state index in [1.807, 2.05) is 0 Å². The molecule has 0 saturated heterocycles. The zero-order chi connectivity index (χ0) is 9.90. The molecular formula is C13H18. The molecular weight excluding hydrogens is 156 g/mol. The summed E-state index contributed by atoms with van der Waals surface area (Å²) in [7, 11) is 0. The standard InChI is InChI=1S/C13H18/c1-5-6-11-7-9-12(10-8-11)13(2,3)4/h1,7-10H,5-6H2,2-4H3. The van der Waals surface area contributed by atoms with Gasteiger partial charge >= 0.3 is 0 Å². The van der Waals surface area contributed by atoms with Crippen LogP contribution in [0.3, 0.4) is 0 Å². The highest BCUT2D eigenvalue weighted by Gasteiger charge is 2.12. The Labute approximate surface area is 82.0 Å². The Kier molecular flexibility index (Phi) is 3.13. The minimum absolute atomic E-state index is 0.251. The van der Waals surface area contributed by atoms with Crippen LogP contribution >= 0.6 is 0 Å². The molecule has 0 bridgehead atoms. The summed E-state index contributed by atoms with van der Waals surface area (Å²) < 4.78 is 0. The van der Waals surface area contributed by atoms with Crippen LogP contribution in [-0.4, -0.2) is 0 Å². The van der Waals surface area contributed by atoms with Crippen molar-refractivity contribution in [3.05, 3.63) is 42.3 Å². The van der Waals surface area contributed by atoms with Crippen molar-refractivity contribution in [3.63, 3.8) is 0 Å². The quantitative estimate of drug-likeness (QED) is 0.642. The largest absolute Gasteiger partial charge is 0.0588 e. The maximum Gasteiger partial charge on any atom is -0.0132 e. The maximum atomic E-state index is 5.48. The highest BCUT2D eigenvalue weighted by molar-refractivity contribution is 5.27. The van der Waals surface area contributed by atoms with E-state index in [1.54, 1.807) is 0 Å². The molecule has 13 heavy (non-hydrogen) atoms. The molecule has 1 aromatic rings. The van der Waals surface area contributed by atoms with Crippen molar-refractivity contribution in [3.8, 4) is 0 Å². The minimum Gasteiger partial charge on any atom is -0.0588 e. The van der Waals surface area contributed by atoms with Crippen molar-refractivity contribution in [1.82, 2.24) is 0 Å². The molecule has 1 rings (SSSR count). The lowest BCUT2D eigenvalue weighted by atomic mass is 9.86. The molecule has 0 saturated carbocycles. The maximum absolute atomic E-state index is 5.48. The zero-order valence-corrected chi connectivity index (χ0v) is 8.80.